The van der Waals surface area contributed by atoms with Gasteiger partial charge in [0, 0.05) is 11.5 Å². The van der Waals surface area contributed by atoms with Crippen molar-refractivity contribution >= 4 is 0 Å². The zero-order valence-corrected chi connectivity index (χ0v) is 14.5. The molecular formula is C22H21FN+. The van der Waals surface area contributed by atoms with Crippen LogP contribution >= 0.6 is 0 Å². The molecule has 0 atom stereocenters. The van der Waals surface area contributed by atoms with E-state index < -0.39 is 0 Å². The van der Waals surface area contributed by atoms with Crippen molar-refractivity contribution in [2.45, 2.75) is 26.2 Å². The molecule has 1 heterocycles. The summed E-state index contributed by atoms with van der Waals surface area (Å²) in [6.07, 6.45) is 1.89. The van der Waals surface area contributed by atoms with E-state index in [2.05, 4.69) is 57.2 Å². The fraction of sp³-hybridized carbons (Fsp3) is 0.227. The lowest BCUT2D eigenvalue weighted by molar-refractivity contribution is -0.661. The van der Waals surface area contributed by atoms with Crippen molar-refractivity contribution in [1.82, 2.24) is 0 Å². The van der Waals surface area contributed by atoms with Gasteiger partial charge in [0.2, 0.25) is 5.69 Å². The number of nitrogens with zero attached hydrogens (tertiary/aromatic N) is 1. The van der Waals surface area contributed by atoms with Crippen LogP contribution in [-0.4, -0.2) is 0 Å². The maximum atomic E-state index is 14.5. The molecule has 1 nitrogen and oxygen atoms in total. The Kier molecular flexibility index (Phi) is 3.14. The minimum absolute atomic E-state index is 0.0712. The highest BCUT2D eigenvalue weighted by molar-refractivity contribution is 5.84. The molecule has 1 aromatic heterocycles. The molecule has 0 amide bonds. The number of hydrogen-bond acceptors (Lipinski definition) is 0. The average Bonchev–Trinajstić information content (AvgIpc) is 2.76. The lowest BCUT2D eigenvalue weighted by Gasteiger charge is -2.22. The van der Waals surface area contributed by atoms with Gasteiger partial charge >= 0.3 is 0 Å². The number of aryl methyl sites for hydroxylation is 2. The third kappa shape index (κ3) is 1.96. The largest absolute Gasteiger partial charge is 0.248 e. The van der Waals surface area contributed by atoms with Gasteiger partial charge < -0.3 is 0 Å². The van der Waals surface area contributed by atoms with Gasteiger partial charge in [0.05, 0.1) is 5.56 Å². The van der Waals surface area contributed by atoms with Gasteiger partial charge in [0.15, 0.2) is 12.0 Å². The van der Waals surface area contributed by atoms with Gasteiger partial charge in [0.1, 0.15) is 7.05 Å². The molecule has 0 saturated heterocycles. The lowest BCUT2D eigenvalue weighted by Crippen LogP contribution is -2.31. The molecule has 0 radical (unpaired) electrons. The van der Waals surface area contributed by atoms with Gasteiger partial charge in [-0.3, -0.25) is 0 Å². The fourth-order valence-electron chi connectivity index (χ4n) is 4.01. The van der Waals surface area contributed by atoms with E-state index in [0.29, 0.717) is 5.69 Å². The van der Waals surface area contributed by atoms with Gasteiger partial charge in [-0.15, -0.1) is 0 Å². The Balaban J connectivity index is 2.03. The Morgan fingerprint density at radius 1 is 0.875 bits per heavy atom. The quantitative estimate of drug-likeness (QED) is 0.560. The van der Waals surface area contributed by atoms with Gasteiger partial charge in [-0.2, -0.15) is 8.96 Å². The Morgan fingerprint density at radius 3 is 2.38 bits per heavy atom. The first-order valence-electron chi connectivity index (χ1n) is 8.31. The van der Waals surface area contributed by atoms with Crippen LogP contribution in [0, 0.1) is 12.7 Å². The summed E-state index contributed by atoms with van der Waals surface area (Å²) >= 11 is 0. The highest BCUT2D eigenvalue weighted by Gasteiger charge is 2.36. The van der Waals surface area contributed by atoms with Crippen LogP contribution in [0.3, 0.4) is 0 Å². The Bertz CT molecular complexity index is 949. The van der Waals surface area contributed by atoms with E-state index in [9.17, 15) is 4.39 Å². The van der Waals surface area contributed by atoms with E-state index in [1.807, 2.05) is 17.8 Å². The number of hydrogen-bond donors (Lipinski definition) is 0. The molecule has 0 unspecified atom stereocenters. The molecule has 24 heavy (non-hydrogen) atoms. The summed E-state index contributed by atoms with van der Waals surface area (Å²) in [6, 6.07) is 16.2. The molecule has 0 saturated carbocycles. The van der Waals surface area contributed by atoms with Crippen molar-refractivity contribution in [2.24, 2.45) is 7.05 Å². The van der Waals surface area contributed by atoms with Crippen LogP contribution in [0.2, 0.25) is 0 Å². The number of pyridine rings is 1. The number of fused-ring (bicyclic) bond motifs is 3. The number of aromatic nitrogens is 1. The van der Waals surface area contributed by atoms with Crippen molar-refractivity contribution in [1.29, 1.82) is 0 Å². The SMILES string of the molecule is Cc1cc2c(cc1-c1c(F)ccc[n+]1C)C(C)(C)c1ccccc1-2. The van der Waals surface area contributed by atoms with Crippen LogP contribution in [0.15, 0.2) is 54.7 Å². The third-order valence-corrected chi connectivity index (χ3v) is 5.31. The van der Waals surface area contributed by atoms with Crippen LogP contribution in [0.1, 0.15) is 30.5 Å². The van der Waals surface area contributed by atoms with E-state index in [-0.39, 0.29) is 11.2 Å². The topological polar surface area (TPSA) is 3.88 Å². The van der Waals surface area contributed by atoms with Gasteiger partial charge in [-0.1, -0.05) is 44.2 Å². The average molecular weight is 318 g/mol. The van der Waals surface area contributed by atoms with E-state index >= 15 is 0 Å². The molecule has 4 rings (SSSR count). The zero-order valence-electron chi connectivity index (χ0n) is 14.5. The van der Waals surface area contributed by atoms with Crippen LogP contribution in [0.4, 0.5) is 4.39 Å². The Morgan fingerprint density at radius 2 is 1.62 bits per heavy atom. The third-order valence-electron chi connectivity index (χ3n) is 5.31. The molecular weight excluding hydrogens is 297 g/mol. The normalized spacial score (nSPS) is 14.4. The highest BCUT2D eigenvalue weighted by Crippen LogP contribution is 2.50. The summed E-state index contributed by atoms with van der Waals surface area (Å²) in [5.41, 5.74) is 7.82. The summed E-state index contributed by atoms with van der Waals surface area (Å²) in [5, 5.41) is 0. The predicted octanol–water partition coefficient (Wildman–Crippen LogP) is 4.93. The minimum Gasteiger partial charge on any atom is -0.200 e. The molecule has 0 N–H and O–H groups in total. The van der Waals surface area contributed by atoms with E-state index in [0.717, 1.165) is 11.1 Å². The molecule has 0 fully saturated rings. The first kappa shape index (κ1) is 15.1. The van der Waals surface area contributed by atoms with Crippen LogP contribution in [0.5, 0.6) is 0 Å². The summed E-state index contributed by atoms with van der Waals surface area (Å²) in [5.74, 6) is -0.184. The van der Waals surface area contributed by atoms with Crippen molar-refractivity contribution in [3.63, 3.8) is 0 Å². The van der Waals surface area contributed by atoms with E-state index in [1.165, 1.54) is 28.3 Å². The zero-order chi connectivity index (χ0) is 17.1. The minimum atomic E-state index is -0.184. The molecule has 1 aliphatic carbocycles. The second kappa shape index (κ2) is 5.01. The van der Waals surface area contributed by atoms with E-state index in [4.69, 9.17) is 0 Å². The molecule has 3 aromatic rings. The smallest absolute Gasteiger partial charge is 0.200 e. The Labute approximate surface area is 142 Å². The summed E-state index contributed by atoms with van der Waals surface area (Å²) in [7, 11) is 1.89. The number of rotatable bonds is 1. The molecule has 2 heteroatoms. The Hall–Kier alpha value is -2.48. The molecule has 0 spiro atoms. The van der Waals surface area contributed by atoms with Gasteiger partial charge in [0.25, 0.3) is 0 Å². The lowest BCUT2D eigenvalue weighted by atomic mass is 9.81. The molecule has 1 aliphatic rings. The van der Waals surface area contributed by atoms with Gasteiger partial charge in [-0.05, 0) is 46.9 Å². The maximum absolute atomic E-state index is 14.5. The van der Waals surface area contributed by atoms with Crippen LogP contribution < -0.4 is 4.57 Å². The summed E-state index contributed by atoms with van der Waals surface area (Å²) < 4.78 is 16.4. The second-order valence-electron chi connectivity index (χ2n) is 7.20. The second-order valence-corrected chi connectivity index (χ2v) is 7.20. The summed E-state index contributed by atoms with van der Waals surface area (Å²) in [4.78, 5) is 0. The van der Waals surface area contributed by atoms with Crippen molar-refractivity contribution in [3.05, 3.63) is 77.2 Å². The molecule has 2 aromatic carbocycles. The number of halogens is 1. The van der Waals surface area contributed by atoms with Crippen molar-refractivity contribution < 1.29 is 8.96 Å². The highest BCUT2D eigenvalue weighted by atomic mass is 19.1. The van der Waals surface area contributed by atoms with Gasteiger partial charge in [-0.25, -0.2) is 0 Å². The first-order valence-corrected chi connectivity index (χ1v) is 8.31. The van der Waals surface area contributed by atoms with E-state index in [1.54, 1.807) is 6.07 Å². The monoisotopic (exact) mass is 318 g/mol. The summed E-state index contributed by atoms with van der Waals surface area (Å²) in [6.45, 7) is 6.56. The van der Waals surface area contributed by atoms with Crippen LogP contribution in [-0.2, 0) is 12.5 Å². The van der Waals surface area contributed by atoms with Crippen molar-refractivity contribution in [2.75, 3.05) is 0 Å². The molecule has 0 aliphatic heterocycles. The fourth-order valence-corrected chi connectivity index (χ4v) is 4.01. The first-order chi connectivity index (χ1) is 11.4. The predicted molar refractivity (Wildman–Crippen MR) is 95.3 cm³/mol. The standard InChI is InChI=1S/C22H21FN/c1-14-12-17-15-8-5-6-9-18(15)22(2,3)19(17)13-16(14)21-20(23)10-7-11-24(21)4/h5-13H,1-4H3/q+1. The molecule has 120 valence electrons. The van der Waals surface area contributed by atoms with Crippen molar-refractivity contribution in [3.8, 4) is 22.4 Å². The maximum Gasteiger partial charge on any atom is 0.248 e. The number of benzene rings is 2. The van der Waals surface area contributed by atoms with Crippen LogP contribution in [0.25, 0.3) is 22.4 Å². The molecule has 0 bridgehead atoms.